The van der Waals surface area contributed by atoms with Crippen molar-refractivity contribution < 1.29 is 9.53 Å². The molecule has 1 aromatic carbocycles. The van der Waals surface area contributed by atoms with Gasteiger partial charge >= 0.3 is 5.69 Å². The van der Waals surface area contributed by atoms with Crippen LogP contribution in [0, 0.1) is 0 Å². The Morgan fingerprint density at radius 3 is 3.00 bits per heavy atom. The van der Waals surface area contributed by atoms with E-state index in [9.17, 15) is 9.59 Å². The van der Waals surface area contributed by atoms with Crippen molar-refractivity contribution in [3.63, 3.8) is 0 Å². The molecule has 3 rings (SSSR count). The summed E-state index contributed by atoms with van der Waals surface area (Å²) in [6.45, 7) is 1.54. The molecule has 1 fully saturated rings. The topological polar surface area (TPSA) is 75.3 Å². The number of hydrogen-bond donors (Lipinski definition) is 1. The summed E-state index contributed by atoms with van der Waals surface area (Å²) in [5.41, 5.74) is 1.95. The average molecular weight is 355 g/mol. The first-order valence-electron chi connectivity index (χ1n) is 9.14. The highest BCUT2D eigenvalue weighted by Gasteiger charge is 2.27. The largest absolute Gasteiger partial charge is 0.385 e. The van der Waals surface area contributed by atoms with Crippen LogP contribution >= 0.6 is 0 Å². The third kappa shape index (κ3) is 4.38. The van der Waals surface area contributed by atoms with Gasteiger partial charge in [0.15, 0.2) is 0 Å². The molecule has 1 atom stereocenters. The molecule has 0 spiro atoms. The lowest BCUT2D eigenvalue weighted by molar-refractivity contribution is 0.0585. The molecule has 0 aliphatic carbocycles. The van der Waals surface area contributed by atoms with E-state index in [0.717, 1.165) is 50.0 Å². The summed E-state index contributed by atoms with van der Waals surface area (Å²) in [4.78, 5) is 32.6. The van der Waals surface area contributed by atoms with Crippen LogP contribution in [0.2, 0.25) is 0 Å². The Bertz CT molecular complexity index is 782. The van der Waals surface area contributed by atoms with Gasteiger partial charge in [0.05, 0.1) is 0 Å². The maximum atomic E-state index is 13.1. The molecule has 2 aromatic rings. The van der Waals surface area contributed by atoms with Crippen LogP contribution in [-0.2, 0) is 4.74 Å². The summed E-state index contributed by atoms with van der Waals surface area (Å²) in [5, 5.41) is 0. The normalized spacial score (nSPS) is 17.3. The minimum atomic E-state index is -0.381. The minimum absolute atomic E-state index is 0.0753. The number of carbonyl (C=O) groups excluding carboxylic acids is 1. The molecular weight excluding hydrogens is 330 g/mol. The Balaban J connectivity index is 1.78. The second kappa shape index (κ2) is 8.76. The standard InChI is InChI=1S/C20H25N3O3/c1-26-11-5-9-18-8-2-3-10-23(18)19(24)16-7-4-6-15(12-16)17-13-21-20(25)22-14-17/h4,6-7,12-14,18H,2-3,5,8-11H2,1H3,(H,21,22,25). The molecule has 1 amide bonds. The summed E-state index contributed by atoms with van der Waals surface area (Å²) < 4.78 is 5.15. The number of piperidine rings is 1. The zero-order valence-electron chi connectivity index (χ0n) is 15.1. The van der Waals surface area contributed by atoms with Crippen molar-refractivity contribution in [1.82, 2.24) is 14.9 Å². The van der Waals surface area contributed by atoms with Crippen molar-refractivity contribution in [2.75, 3.05) is 20.3 Å². The highest BCUT2D eigenvalue weighted by atomic mass is 16.5. The van der Waals surface area contributed by atoms with Crippen LogP contribution in [0.25, 0.3) is 11.1 Å². The zero-order chi connectivity index (χ0) is 18.4. The van der Waals surface area contributed by atoms with E-state index in [2.05, 4.69) is 9.97 Å². The molecule has 1 N–H and O–H groups in total. The molecule has 1 saturated heterocycles. The van der Waals surface area contributed by atoms with Gasteiger partial charge in [-0.15, -0.1) is 0 Å². The van der Waals surface area contributed by atoms with Gasteiger partial charge in [0.25, 0.3) is 5.91 Å². The van der Waals surface area contributed by atoms with E-state index in [1.165, 1.54) is 12.6 Å². The Labute approximate surface area is 153 Å². The molecular formula is C20H25N3O3. The van der Waals surface area contributed by atoms with Crippen LogP contribution in [0.15, 0.2) is 41.5 Å². The third-order valence-electron chi connectivity index (χ3n) is 4.89. The molecule has 1 aliphatic heterocycles. The van der Waals surface area contributed by atoms with E-state index >= 15 is 0 Å². The summed E-state index contributed by atoms with van der Waals surface area (Å²) >= 11 is 0. The zero-order valence-corrected chi connectivity index (χ0v) is 15.1. The lowest BCUT2D eigenvalue weighted by Gasteiger charge is -2.36. The number of aromatic nitrogens is 2. The quantitative estimate of drug-likeness (QED) is 0.809. The Kier molecular flexibility index (Phi) is 6.17. The number of hydrogen-bond acceptors (Lipinski definition) is 4. The van der Waals surface area contributed by atoms with Gasteiger partial charge in [-0.05, 0) is 49.8 Å². The lowest BCUT2D eigenvalue weighted by atomic mass is 9.96. The fourth-order valence-electron chi connectivity index (χ4n) is 3.53. The number of H-pyrrole nitrogens is 1. The van der Waals surface area contributed by atoms with Gasteiger partial charge < -0.3 is 14.6 Å². The molecule has 1 aliphatic rings. The highest BCUT2D eigenvalue weighted by molar-refractivity contribution is 5.95. The van der Waals surface area contributed by atoms with Gasteiger partial charge in [-0.2, -0.15) is 0 Å². The number of nitrogens with one attached hydrogen (secondary N) is 1. The molecule has 1 unspecified atom stereocenters. The van der Waals surface area contributed by atoms with E-state index in [-0.39, 0.29) is 17.6 Å². The summed E-state index contributed by atoms with van der Waals surface area (Å²) in [5.74, 6) is 0.0753. The second-order valence-electron chi connectivity index (χ2n) is 6.67. The number of methoxy groups -OCH3 is 1. The van der Waals surface area contributed by atoms with E-state index in [1.54, 1.807) is 13.3 Å². The van der Waals surface area contributed by atoms with E-state index in [0.29, 0.717) is 5.56 Å². The predicted molar refractivity (Wildman–Crippen MR) is 100 cm³/mol. The molecule has 6 heteroatoms. The predicted octanol–water partition coefficient (Wildman–Crippen LogP) is 2.86. The fraction of sp³-hybridized carbons (Fsp3) is 0.450. The van der Waals surface area contributed by atoms with Crippen LogP contribution in [0.3, 0.4) is 0 Å². The van der Waals surface area contributed by atoms with E-state index in [1.807, 2.05) is 29.2 Å². The van der Waals surface area contributed by atoms with Crippen molar-refractivity contribution in [2.45, 2.75) is 38.1 Å². The number of benzene rings is 1. The van der Waals surface area contributed by atoms with Gasteiger partial charge in [0, 0.05) is 49.8 Å². The Morgan fingerprint density at radius 1 is 1.35 bits per heavy atom. The minimum Gasteiger partial charge on any atom is -0.385 e. The van der Waals surface area contributed by atoms with Gasteiger partial charge in [-0.3, -0.25) is 4.79 Å². The van der Waals surface area contributed by atoms with Crippen molar-refractivity contribution in [2.24, 2.45) is 0 Å². The molecule has 6 nitrogen and oxygen atoms in total. The number of carbonyl (C=O) groups is 1. The first kappa shape index (κ1) is 18.3. The van der Waals surface area contributed by atoms with Gasteiger partial charge in [-0.25, -0.2) is 9.78 Å². The van der Waals surface area contributed by atoms with Crippen LogP contribution in [0.5, 0.6) is 0 Å². The maximum Gasteiger partial charge on any atom is 0.344 e. The van der Waals surface area contributed by atoms with E-state index < -0.39 is 0 Å². The van der Waals surface area contributed by atoms with Crippen molar-refractivity contribution in [3.05, 3.63) is 52.7 Å². The Morgan fingerprint density at radius 2 is 2.23 bits per heavy atom. The smallest absolute Gasteiger partial charge is 0.344 e. The molecule has 2 heterocycles. The molecule has 26 heavy (non-hydrogen) atoms. The number of aromatic amines is 1. The summed E-state index contributed by atoms with van der Waals surface area (Å²) in [7, 11) is 1.71. The molecule has 0 bridgehead atoms. The summed E-state index contributed by atoms with van der Waals surface area (Å²) in [6, 6.07) is 7.80. The molecule has 1 aromatic heterocycles. The Hall–Kier alpha value is -2.47. The van der Waals surface area contributed by atoms with Gasteiger partial charge in [0.2, 0.25) is 0 Å². The number of ether oxygens (including phenoxy) is 1. The SMILES string of the molecule is COCCCC1CCCCN1C(=O)c1cccc(-c2cnc(=O)[nH]c2)c1. The average Bonchev–Trinajstić information content (AvgIpc) is 2.69. The molecule has 0 radical (unpaired) electrons. The number of rotatable bonds is 6. The summed E-state index contributed by atoms with van der Waals surface area (Å²) in [6.07, 6.45) is 8.36. The van der Waals surface area contributed by atoms with Crippen molar-refractivity contribution in [1.29, 1.82) is 0 Å². The first-order valence-corrected chi connectivity index (χ1v) is 9.14. The maximum absolute atomic E-state index is 13.1. The first-order chi connectivity index (χ1) is 12.7. The molecule has 138 valence electrons. The van der Waals surface area contributed by atoms with Crippen LogP contribution in [0.4, 0.5) is 0 Å². The number of nitrogens with zero attached hydrogens (tertiary/aromatic N) is 2. The van der Waals surface area contributed by atoms with Crippen LogP contribution in [-0.4, -0.2) is 47.1 Å². The number of likely N-dealkylation sites (tertiary alicyclic amines) is 1. The number of amides is 1. The van der Waals surface area contributed by atoms with Crippen molar-refractivity contribution in [3.8, 4) is 11.1 Å². The molecule has 0 saturated carbocycles. The van der Waals surface area contributed by atoms with Gasteiger partial charge in [0.1, 0.15) is 0 Å². The lowest BCUT2D eigenvalue weighted by Crippen LogP contribution is -2.43. The second-order valence-corrected chi connectivity index (χ2v) is 6.67. The highest BCUT2D eigenvalue weighted by Crippen LogP contribution is 2.25. The van der Waals surface area contributed by atoms with Gasteiger partial charge in [-0.1, -0.05) is 12.1 Å². The van der Waals surface area contributed by atoms with E-state index in [4.69, 9.17) is 4.74 Å². The van der Waals surface area contributed by atoms with Crippen molar-refractivity contribution >= 4 is 5.91 Å². The van der Waals surface area contributed by atoms with Crippen LogP contribution < -0.4 is 5.69 Å². The monoisotopic (exact) mass is 355 g/mol. The third-order valence-corrected chi connectivity index (χ3v) is 4.89. The fourth-order valence-corrected chi connectivity index (χ4v) is 3.53. The van der Waals surface area contributed by atoms with Crippen LogP contribution in [0.1, 0.15) is 42.5 Å².